The molecule has 0 amide bonds. The van der Waals surface area contributed by atoms with E-state index < -0.39 is 12.2 Å². The van der Waals surface area contributed by atoms with Gasteiger partial charge in [0.1, 0.15) is 17.8 Å². The van der Waals surface area contributed by atoms with Crippen LogP contribution in [0.5, 0.6) is 0 Å². The van der Waals surface area contributed by atoms with Gasteiger partial charge in [-0.2, -0.15) is 0 Å². The number of H-pyrrole nitrogens is 1. The van der Waals surface area contributed by atoms with Gasteiger partial charge in [-0.15, -0.1) is 0 Å². The van der Waals surface area contributed by atoms with E-state index >= 15 is 0 Å². The van der Waals surface area contributed by atoms with E-state index in [9.17, 15) is 10.2 Å². The average molecular weight is 577 g/mol. The van der Waals surface area contributed by atoms with E-state index in [-0.39, 0.29) is 23.1 Å². The van der Waals surface area contributed by atoms with Crippen LogP contribution in [-0.4, -0.2) is 72.2 Å². The summed E-state index contributed by atoms with van der Waals surface area (Å²) in [5.74, 6) is 1.84. The van der Waals surface area contributed by atoms with Crippen molar-refractivity contribution in [3.8, 4) is 0 Å². The summed E-state index contributed by atoms with van der Waals surface area (Å²) in [5, 5.41) is 22.0. The number of nitrogen functional groups attached to an aromatic ring is 1. The minimum Gasteiger partial charge on any atom is -0.390 e. The van der Waals surface area contributed by atoms with Gasteiger partial charge in [0, 0.05) is 31.0 Å². The van der Waals surface area contributed by atoms with Crippen molar-refractivity contribution in [2.24, 2.45) is 28.5 Å². The minimum absolute atomic E-state index is 0.0133. The first kappa shape index (κ1) is 30.4. The number of hydrogen-bond acceptors (Lipinski definition) is 8. The van der Waals surface area contributed by atoms with Gasteiger partial charge in [0.15, 0.2) is 5.82 Å². The van der Waals surface area contributed by atoms with Gasteiger partial charge < -0.3 is 26.7 Å². The van der Waals surface area contributed by atoms with Crippen molar-refractivity contribution in [2.75, 3.05) is 12.3 Å². The molecule has 2 fully saturated rings. The number of benzene rings is 1. The number of aryl methyl sites for hydroxylation is 1. The van der Waals surface area contributed by atoms with E-state index in [0.717, 1.165) is 49.1 Å². The summed E-state index contributed by atoms with van der Waals surface area (Å²) >= 11 is 0. The number of aliphatic hydroxyl groups excluding tert-OH is 2. The third-order valence-electron chi connectivity index (χ3n) is 9.48. The first-order valence-electron chi connectivity index (χ1n) is 15.4. The highest BCUT2D eigenvalue weighted by Crippen LogP contribution is 2.40. The third kappa shape index (κ3) is 6.45. The van der Waals surface area contributed by atoms with E-state index in [2.05, 4.69) is 77.7 Å². The molecule has 0 unspecified atom stereocenters. The maximum absolute atomic E-state index is 11.0. The predicted molar refractivity (Wildman–Crippen MR) is 168 cm³/mol. The van der Waals surface area contributed by atoms with Crippen molar-refractivity contribution < 1.29 is 10.2 Å². The fourth-order valence-corrected chi connectivity index (χ4v) is 6.90. The van der Waals surface area contributed by atoms with Crippen LogP contribution in [0.25, 0.3) is 11.0 Å². The molecule has 2 aliphatic rings. The molecule has 10 heteroatoms. The normalized spacial score (nSPS) is 26.6. The summed E-state index contributed by atoms with van der Waals surface area (Å²) in [6.45, 7) is 11.9. The Bertz CT molecular complexity index is 1390. The zero-order valence-corrected chi connectivity index (χ0v) is 25.7. The summed E-state index contributed by atoms with van der Waals surface area (Å²) in [4.78, 5) is 23.4. The van der Waals surface area contributed by atoms with Crippen LogP contribution in [0.3, 0.4) is 0 Å². The van der Waals surface area contributed by atoms with Crippen LogP contribution in [-0.2, 0) is 18.3 Å². The number of imidazole rings is 1. The lowest BCUT2D eigenvalue weighted by atomic mass is 9.76. The standard InChI is InChI=1S/C32H48N8O2/c1-18(2)40(15-21-12-20(29(41)30(21)42)13-26-28(35-16-33)31(34)37-17-36-26)23-10-19(11-23)6-9-27-38-24-8-7-22(32(3,4)5)14-25(24)39-27/h7-8,14,16-21,23,29-30,41-42H,6,9-13,15H2,1-5H3,(H2,33,35)(H,38,39)(H2,34,36,37)/t19?,20-,21+,23?,29-,30+/m0/s1. The van der Waals surface area contributed by atoms with Crippen molar-refractivity contribution in [1.29, 1.82) is 0 Å². The van der Waals surface area contributed by atoms with Crippen LogP contribution in [0, 0.1) is 17.8 Å². The molecule has 2 aliphatic carbocycles. The van der Waals surface area contributed by atoms with Gasteiger partial charge in [-0.1, -0.05) is 26.8 Å². The lowest BCUT2D eigenvalue weighted by Crippen LogP contribution is -2.51. The van der Waals surface area contributed by atoms with Crippen molar-refractivity contribution in [2.45, 2.75) is 103 Å². The molecule has 5 rings (SSSR count). The van der Waals surface area contributed by atoms with E-state index in [1.807, 2.05) is 0 Å². The van der Waals surface area contributed by atoms with Gasteiger partial charge in [0.05, 0.1) is 35.3 Å². The Morgan fingerprint density at radius 2 is 1.86 bits per heavy atom. The zero-order valence-electron chi connectivity index (χ0n) is 25.7. The maximum atomic E-state index is 11.0. The van der Waals surface area contributed by atoms with Crippen LogP contribution in [0.4, 0.5) is 11.5 Å². The Labute approximate surface area is 249 Å². The average Bonchev–Trinajstić information content (AvgIpc) is 3.43. The second kappa shape index (κ2) is 12.3. The van der Waals surface area contributed by atoms with Gasteiger partial charge in [-0.05, 0) is 80.9 Å². The molecule has 2 heterocycles. The molecule has 0 saturated heterocycles. The molecular weight excluding hydrogens is 528 g/mol. The number of nitrogens with two attached hydrogens (primary N) is 2. The molecule has 3 aromatic rings. The quantitative estimate of drug-likeness (QED) is 0.179. The van der Waals surface area contributed by atoms with E-state index in [1.54, 1.807) is 0 Å². The Morgan fingerprint density at radius 1 is 1.12 bits per heavy atom. The number of aliphatic imine (C=N–C) groups is 1. The molecule has 2 aromatic heterocycles. The fraction of sp³-hybridized carbons (Fsp3) is 0.625. The summed E-state index contributed by atoms with van der Waals surface area (Å²) in [6.07, 6.45) is 6.53. The number of nitrogens with zero attached hydrogens (tertiary/aromatic N) is 5. The smallest absolute Gasteiger partial charge is 0.153 e. The molecule has 1 aromatic carbocycles. The molecule has 10 nitrogen and oxygen atoms in total. The van der Waals surface area contributed by atoms with Crippen molar-refractivity contribution in [3.05, 3.63) is 41.6 Å². The third-order valence-corrected chi connectivity index (χ3v) is 9.48. The van der Waals surface area contributed by atoms with Gasteiger partial charge in [0.2, 0.25) is 0 Å². The second-order valence-corrected chi connectivity index (χ2v) is 13.8. The monoisotopic (exact) mass is 576 g/mol. The van der Waals surface area contributed by atoms with Crippen LogP contribution in [0.15, 0.2) is 29.5 Å². The van der Waals surface area contributed by atoms with Crippen LogP contribution in [0.2, 0.25) is 0 Å². The number of fused-ring (bicyclic) bond motifs is 1. The SMILES string of the molecule is CC(C)N(C[C@H]1C[C@@H](Cc2ncnc(N)c2N=CN)[C@H](O)[C@@H]1O)C1CC(CCc2nc3ccc(C(C)(C)C)cc3[nH]2)C1. The fourth-order valence-electron chi connectivity index (χ4n) is 6.90. The number of aromatic amines is 1. The summed E-state index contributed by atoms with van der Waals surface area (Å²) < 4.78 is 0. The first-order chi connectivity index (χ1) is 19.9. The molecule has 4 atom stereocenters. The summed E-state index contributed by atoms with van der Waals surface area (Å²) in [6, 6.07) is 7.41. The molecule has 228 valence electrons. The molecule has 2 saturated carbocycles. The number of aliphatic hydroxyl groups is 2. The Morgan fingerprint density at radius 3 is 2.55 bits per heavy atom. The number of hydrogen-bond donors (Lipinski definition) is 5. The van der Waals surface area contributed by atoms with E-state index in [4.69, 9.17) is 16.5 Å². The first-order valence-corrected chi connectivity index (χ1v) is 15.4. The van der Waals surface area contributed by atoms with Crippen molar-refractivity contribution >= 4 is 28.9 Å². The summed E-state index contributed by atoms with van der Waals surface area (Å²) in [7, 11) is 0. The highest BCUT2D eigenvalue weighted by atomic mass is 16.3. The lowest BCUT2D eigenvalue weighted by molar-refractivity contribution is -0.0192. The molecule has 42 heavy (non-hydrogen) atoms. The Hall–Kier alpha value is -3.08. The van der Waals surface area contributed by atoms with Gasteiger partial charge in [-0.3, -0.25) is 4.90 Å². The number of aromatic nitrogens is 4. The van der Waals surface area contributed by atoms with Gasteiger partial charge in [0.25, 0.3) is 0 Å². The number of rotatable bonds is 10. The minimum atomic E-state index is -0.827. The highest BCUT2D eigenvalue weighted by Gasteiger charge is 2.44. The maximum Gasteiger partial charge on any atom is 0.153 e. The van der Waals surface area contributed by atoms with E-state index in [0.29, 0.717) is 42.2 Å². The van der Waals surface area contributed by atoms with E-state index in [1.165, 1.54) is 18.2 Å². The molecule has 7 N–H and O–H groups in total. The number of anilines is 1. The molecular formula is C32H48N8O2. The number of nitrogens with one attached hydrogen (secondary N) is 1. The lowest BCUT2D eigenvalue weighted by Gasteiger charge is -2.46. The second-order valence-electron chi connectivity index (χ2n) is 13.8. The molecule has 0 aliphatic heterocycles. The van der Waals surface area contributed by atoms with Gasteiger partial charge >= 0.3 is 0 Å². The molecule has 0 bridgehead atoms. The van der Waals surface area contributed by atoms with Crippen molar-refractivity contribution in [1.82, 2.24) is 24.8 Å². The predicted octanol–water partition coefficient (Wildman–Crippen LogP) is 3.87. The largest absolute Gasteiger partial charge is 0.390 e. The van der Waals surface area contributed by atoms with Crippen LogP contribution >= 0.6 is 0 Å². The topological polar surface area (TPSA) is 163 Å². The molecule has 0 radical (unpaired) electrons. The van der Waals surface area contributed by atoms with Crippen LogP contribution in [0.1, 0.15) is 77.4 Å². The Balaban J connectivity index is 1.15. The summed E-state index contributed by atoms with van der Waals surface area (Å²) in [5.41, 5.74) is 16.2. The van der Waals surface area contributed by atoms with Crippen molar-refractivity contribution in [3.63, 3.8) is 0 Å². The zero-order chi connectivity index (χ0) is 30.2. The highest BCUT2D eigenvalue weighted by molar-refractivity contribution is 5.76. The molecule has 0 spiro atoms. The van der Waals surface area contributed by atoms with Gasteiger partial charge in [-0.25, -0.2) is 19.9 Å². The van der Waals surface area contributed by atoms with Crippen LogP contribution < -0.4 is 11.5 Å². The Kier molecular flexibility index (Phi) is 8.87.